The third kappa shape index (κ3) is 4.21. The molecule has 6 heteroatoms. The van der Waals surface area contributed by atoms with Crippen molar-refractivity contribution in [1.29, 1.82) is 0 Å². The van der Waals surface area contributed by atoms with Crippen molar-refractivity contribution in [2.45, 2.75) is 33.1 Å². The fourth-order valence-corrected chi connectivity index (χ4v) is 3.69. The molecule has 1 saturated heterocycles. The van der Waals surface area contributed by atoms with Gasteiger partial charge in [-0.05, 0) is 37.8 Å². The van der Waals surface area contributed by atoms with Crippen LogP contribution in [-0.2, 0) is 19.1 Å². The minimum Gasteiger partial charge on any atom is -0.489 e. The Hall–Kier alpha value is -2.63. The fourth-order valence-electron chi connectivity index (χ4n) is 3.69. The van der Waals surface area contributed by atoms with Gasteiger partial charge in [0, 0.05) is 6.54 Å². The number of benzene rings is 1. The zero-order chi connectivity index (χ0) is 19.4. The van der Waals surface area contributed by atoms with Crippen LogP contribution in [0.15, 0.2) is 30.4 Å². The van der Waals surface area contributed by atoms with Crippen molar-refractivity contribution < 1.29 is 23.9 Å². The molecule has 2 amide bonds. The van der Waals surface area contributed by atoms with E-state index in [1.807, 2.05) is 44.2 Å². The highest BCUT2D eigenvalue weighted by atomic mass is 16.6. The molecule has 27 heavy (non-hydrogen) atoms. The molecule has 2 atom stereocenters. The maximum Gasteiger partial charge on any atom is 0.307 e. The number of carbonyl (C=O) groups excluding carboxylic acids is 3. The first-order valence-corrected chi connectivity index (χ1v) is 9.34. The van der Waals surface area contributed by atoms with Crippen molar-refractivity contribution in [3.63, 3.8) is 0 Å². The average Bonchev–Trinajstić information content (AvgIpc) is 2.90. The average molecular weight is 371 g/mol. The largest absolute Gasteiger partial charge is 0.489 e. The molecular formula is C21H25NO5. The van der Waals surface area contributed by atoms with Gasteiger partial charge in [0.05, 0.1) is 18.3 Å². The lowest BCUT2D eigenvalue weighted by atomic mass is 9.85. The number of nitrogens with zero attached hydrogens (tertiary/aromatic N) is 1. The number of amides is 2. The molecule has 0 saturated carbocycles. The van der Waals surface area contributed by atoms with Crippen LogP contribution in [0.1, 0.15) is 30.4 Å². The van der Waals surface area contributed by atoms with Gasteiger partial charge >= 0.3 is 5.97 Å². The molecule has 1 aliphatic carbocycles. The van der Waals surface area contributed by atoms with Crippen molar-refractivity contribution in [2.75, 3.05) is 19.8 Å². The Balaban J connectivity index is 1.40. The molecule has 144 valence electrons. The first-order chi connectivity index (χ1) is 13.0. The second-order valence-electron chi connectivity index (χ2n) is 7.02. The topological polar surface area (TPSA) is 72.9 Å². The normalized spacial score (nSPS) is 21.3. The monoisotopic (exact) mass is 371 g/mol. The number of para-hydroxylation sites is 1. The number of hydrogen-bond acceptors (Lipinski definition) is 5. The number of likely N-dealkylation sites (tertiary alicyclic amines) is 1. The SMILES string of the molecule is Cc1cccc(C)c1OCCOC(=O)CCN1C(=O)C2CC=CCC2C1=O. The number of rotatable bonds is 7. The van der Waals surface area contributed by atoms with E-state index in [0.717, 1.165) is 16.9 Å². The van der Waals surface area contributed by atoms with Crippen LogP contribution in [0.25, 0.3) is 0 Å². The Labute approximate surface area is 159 Å². The quantitative estimate of drug-likeness (QED) is 0.319. The van der Waals surface area contributed by atoms with E-state index in [-0.39, 0.29) is 49.8 Å². The van der Waals surface area contributed by atoms with Gasteiger partial charge in [0.1, 0.15) is 19.0 Å². The summed E-state index contributed by atoms with van der Waals surface area (Å²) in [6, 6.07) is 5.89. The highest BCUT2D eigenvalue weighted by molar-refractivity contribution is 6.05. The zero-order valence-corrected chi connectivity index (χ0v) is 15.8. The van der Waals surface area contributed by atoms with E-state index in [0.29, 0.717) is 12.8 Å². The van der Waals surface area contributed by atoms with Crippen LogP contribution in [0.5, 0.6) is 5.75 Å². The van der Waals surface area contributed by atoms with E-state index < -0.39 is 5.97 Å². The minimum absolute atomic E-state index is 0.00768. The Morgan fingerprint density at radius 3 is 2.22 bits per heavy atom. The Morgan fingerprint density at radius 2 is 1.63 bits per heavy atom. The van der Waals surface area contributed by atoms with Crippen LogP contribution in [0, 0.1) is 25.7 Å². The summed E-state index contributed by atoms with van der Waals surface area (Å²) in [6.07, 6.45) is 5.10. The lowest BCUT2D eigenvalue weighted by molar-refractivity contribution is -0.146. The van der Waals surface area contributed by atoms with Gasteiger partial charge in [-0.15, -0.1) is 0 Å². The molecule has 2 unspecified atom stereocenters. The zero-order valence-electron chi connectivity index (χ0n) is 15.8. The van der Waals surface area contributed by atoms with Gasteiger partial charge in [0.2, 0.25) is 11.8 Å². The summed E-state index contributed by atoms with van der Waals surface area (Å²) < 4.78 is 10.9. The number of ether oxygens (including phenoxy) is 2. The molecule has 1 aromatic rings. The van der Waals surface area contributed by atoms with Crippen LogP contribution < -0.4 is 4.74 Å². The molecule has 0 radical (unpaired) electrons. The Bertz CT molecular complexity index is 724. The molecule has 0 aromatic heterocycles. The van der Waals surface area contributed by atoms with E-state index in [2.05, 4.69) is 0 Å². The smallest absolute Gasteiger partial charge is 0.307 e. The summed E-state index contributed by atoms with van der Waals surface area (Å²) in [7, 11) is 0. The van der Waals surface area contributed by atoms with Gasteiger partial charge in [-0.2, -0.15) is 0 Å². The number of fused-ring (bicyclic) bond motifs is 1. The van der Waals surface area contributed by atoms with E-state index in [9.17, 15) is 14.4 Å². The molecule has 1 heterocycles. The van der Waals surface area contributed by atoms with Gasteiger partial charge in [-0.25, -0.2) is 0 Å². The second-order valence-corrected chi connectivity index (χ2v) is 7.02. The van der Waals surface area contributed by atoms with Crippen LogP contribution in [-0.4, -0.2) is 42.4 Å². The fraction of sp³-hybridized carbons (Fsp3) is 0.476. The maximum atomic E-state index is 12.3. The van der Waals surface area contributed by atoms with E-state index in [4.69, 9.17) is 9.47 Å². The number of imide groups is 1. The molecule has 1 fully saturated rings. The van der Waals surface area contributed by atoms with Crippen molar-refractivity contribution in [3.05, 3.63) is 41.5 Å². The van der Waals surface area contributed by atoms with Gasteiger partial charge in [-0.1, -0.05) is 30.4 Å². The van der Waals surface area contributed by atoms with Crippen LogP contribution >= 0.6 is 0 Å². The summed E-state index contributed by atoms with van der Waals surface area (Å²) in [5, 5.41) is 0. The van der Waals surface area contributed by atoms with Gasteiger partial charge in [0.25, 0.3) is 0 Å². The summed E-state index contributed by atoms with van der Waals surface area (Å²) in [5.41, 5.74) is 2.06. The lowest BCUT2D eigenvalue weighted by Gasteiger charge is -2.14. The molecule has 0 bridgehead atoms. The molecule has 1 aliphatic heterocycles. The van der Waals surface area contributed by atoms with Crippen molar-refractivity contribution in [1.82, 2.24) is 4.90 Å². The molecule has 1 aromatic carbocycles. The van der Waals surface area contributed by atoms with Crippen LogP contribution in [0.3, 0.4) is 0 Å². The number of aryl methyl sites for hydroxylation is 2. The molecule has 0 N–H and O–H groups in total. The van der Waals surface area contributed by atoms with Gasteiger partial charge in [0.15, 0.2) is 0 Å². The van der Waals surface area contributed by atoms with Crippen LogP contribution in [0.2, 0.25) is 0 Å². The summed E-state index contributed by atoms with van der Waals surface area (Å²) in [5.74, 6) is -0.485. The molecular weight excluding hydrogens is 346 g/mol. The van der Waals surface area contributed by atoms with Crippen LogP contribution in [0.4, 0.5) is 0 Å². The van der Waals surface area contributed by atoms with E-state index >= 15 is 0 Å². The molecule has 0 spiro atoms. The van der Waals surface area contributed by atoms with Crippen molar-refractivity contribution >= 4 is 17.8 Å². The predicted molar refractivity (Wildman–Crippen MR) is 99.1 cm³/mol. The first-order valence-electron chi connectivity index (χ1n) is 9.34. The Morgan fingerprint density at radius 1 is 1.04 bits per heavy atom. The first kappa shape index (κ1) is 19.1. The standard InChI is InChI=1S/C21H25NO5/c1-14-6-5-7-15(2)19(14)27-13-12-26-18(23)10-11-22-20(24)16-8-3-4-9-17(16)21(22)25/h3-7,16-17H,8-13H2,1-2H3. The summed E-state index contributed by atoms with van der Waals surface area (Å²) in [6.45, 7) is 4.40. The highest BCUT2D eigenvalue weighted by Crippen LogP contribution is 2.35. The highest BCUT2D eigenvalue weighted by Gasteiger charge is 2.46. The third-order valence-electron chi connectivity index (χ3n) is 5.14. The van der Waals surface area contributed by atoms with Gasteiger partial charge in [-0.3, -0.25) is 19.3 Å². The van der Waals surface area contributed by atoms with Gasteiger partial charge < -0.3 is 9.47 Å². The number of esters is 1. The number of carbonyl (C=O) groups is 3. The molecule has 3 rings (SSSR count). The summed E-state index contributed by atoms with van der Waals surface area (Å²) in [4.78, 5) is 37.8. The van der Waals surface area contributed by atoms with E-state index in [1.54, 1.807) is 0 Å². The predicted octanol–water partition coefficient (Wildman–Crippen LogP) is 2.57. The maximum absolute atomic E-state index is 12.3. The minimum atomic E-state index is -0.436. The van der Waals surface area contributed by atoms with E-state index in [1.165, 1.54) is 4.90 Å². The third-order valence-corrected chi connectivity index (χ3v) is 5.14. The summed E-state index contributed by atoms with van der Waals surface area (Å²) >= 11 is 0. The Kier molecular flexibility index (Phi) is 5.94. The lowest BCUT2D eigenvalue weighted by Crippen LogP contribution is -2.33. The number of hydrogen-bond donors (Lipinski definition) is 0. The van der Waals surface area contributed by atoms with Crippen molar-refractivity contribution in [3.8, 4) is 5.75 Å². The molecule has 2 aliphatic rings. The van der Waals surface area contributed by atoms with Crippen molar-refractivity contribution in [2.24, 2.45) is 11.8 Å². The second kappa shape index (κ2) is 8.37. The molecule has 6 nitrogen and oxygen atoms in total. The number of allylic oxidation sites excluding steroid dienone is 2.